The van der Waals surface area contributed by atoms with Gasteiger partial charge in [-0.05, 0) is 43.9 Å². The zero-order valence-electron chi connectivity index (χ0n) is 12.7. The fourth-order valence-corrected chi connectivity index (χ4v) is 3.64. The van der Waals surface area contributed by atoms with Crippen LogP contribution in [0.15, 0.2) is 4.99 Å². The first-order valence-electron chi connectivity index (χ1n) is 8.45. The van der Waals surface area contributed by atoms with Crippen molar-refractivity contribution in [1.29, 1.82) is 0 Å². The Kier molecular flexibility index (Phi) is 6.64. The van der Waals surface area contributed by atoms with Crippen LogP contribution in [-0.4, -0.2) is 30.3 Å². The van der Waals surface area contributed by atoms with E-state index in [0.29, 0.717) is 30.4 Å². The summed E-state index contributed by atoms with van der Waals surface area (Å²) in [5, 5.41) is 12.7. The molecule has 4 heteroatoms. The Hall–Kier alpha value is -0.770. The molecule has 2 atom stereocenters. The van der Waals surface area contributed by atoms with Crippen LogP contribution in [0.5, 0.6) is 0 Å². The van der Waals surface area contributed by atoms with Crippen LogP contribution >= 0.6 is 0 Å². The van der Waals surface area contributed by atoms with Crippen molar-refractivity contribution in [2.75, 3.05) is 13.2 Å². The maximum absolute atomic E-state index is 9.26. The van der Waals surface area contributed by atoms with E-state index in [-0.39, 0.29) is 0 Å². The van der Waals surface area contributed by atoms with Gasteiger partial charge >= 0.3 is 0 Å². The number of aliphatic hydroxyl groups excluding tert-OH is 1. The molecule has 0 aliphatic heterocycles. The van der Waals surface area contributed by atoms with E-state index in [1.54, 1.807) is 0 Å². The molecular formula is C16H31N3O. The number of guanidine groups is 1. The molecule has 0 aromatic rings. The summed E-state index contributed by atoms with van der Waals surface area (Å²) in [4.78, 5) is 4.54. The molecule has 2 fully saturated rings. The van der Waals surface area contributed by atoms with Crippen molar-refractivity contribution in [3.05, 3.63) is 0 Å². The van der Waals surface area contributed by atoms with Crippen molar-refractivity contribution in [3.63, 3.8) is 0 Å². The molecule has 2 saturated carbocycles. The quantitative estimate of drug-likeness (QED) is 0.421. The standard InChI is InChI=1S/C16H31N3O/c17-16(19-15-8-3-1-2-4-9-15)18-11-13-6-5-7-14(10-13)12-20/h13-15,20H,1-12H2,(H3,17,18,19)/t13-,14+/m0/s1. The highest BCUT2D eigenvalue weighted by Gasteiger charge is 2.21. The number of nitrogens with one attached hydrogen (secondary N) is 1. The van der Waals surface area contributed by atoms with Gasteiger partial charge in [0.1, 0.15) is 0 Å². The number of aliphatic hydroxyl groups is 1. The molecule has 0 heterocycles. The van der Waals surface area contributed by atoms with E-state index >= 15 is 0 Å². The third kappa shape index (κ3) is 5.31. The minimum absolute atomic E-state index is 0.329. The van der Waals surface area contributed by atoms with Crippen molar-refractivity contribution in [1.82, 2.24) is 5.32 Å². The Balaban J connectivity index is 1.72. The van der Waals surface area contributed by atoms with Gasteiger partial charge < -0.3 is 16.2 Å². The van der Waals surface area contributed by atoms with Gasteiger partial charge in [0.05, 0.1) is 0 Å². The van der Waals surface area contributed by atoms with E-state index in [1.807, 2.05) is 0 Å². The van der Waals surface area contributed by atoms with Crippen molar-refractivity contribution in [3.8, 4) is 0 Å². The summed E-state index contributed by atoms with van der Waals surface area (Å²) < 4.78 is 0. The van der Waals surface area contributed by atoms with Crippen LogP contribution in [0.4, 0.5) is 0 Å². The lowest BCUT2D eigenvalue weighted by Crippen LogP contribution is -2.40. The summed E-state index contributed by atoms with van der Waals surface area (Å²) >= 11 is 0. The molecule has 4 nitrogen and oxygen atoms in total. The second kappa shape index (κ2) is 8.50. The Morgan fingerprint density at radius 2 is 1.70 bits per heavy atom. The van der Waals surface area contributed by atoms with Crippen LogP contribution in [-0.2, 0) is 0 Å². The van der Waals surface area contributed by atoms with Gasteiger partial charge in [0.2, 0.25) is 0 Å². The molecule has 2 aliphatic rings. The topological polar surface area (TPSA) is 70.6 Å². The van der Waals surface area contributed by atoms with Gasteiger partial charge in [-0.2, -0.15) is 0 Å². The second-order valence-electron chi connectivity index (χ2n) is 6.64. The third-order valence-corrected chi connectivity index (χ3v) is 4.88. The predicted octanol–water partition coefficient (Wildman–Crippen LogP) is 2.41. The first-order chi connectivity index (χ1) is 9.78. The molecule has 0 aromatic heterocycles. The lowest BCUT2D eigenvalue weighted by Gasteiger charge is -2.27. The molecule has 0 radical (unpaired) electrons. The molecule has 20 heavy (non-hydrogen) atoms. The van der Waals surface area contributed by atoms with Gasteiger partial charge in [-0.25, -0.2) is 0 Å². The summed E-state index contributed by atoms with van der Waals surface area (Å²) in [6.07, 6.45) is 12.5. The van der Waals surface area contributed by atoms with Crippen molar-refractivity contribution >= 4 is 5.96 Å². The number of nitrogens with zero attached hydrogens (tertiary/aromatic N) is 1. The summed E-state index contributed by atoms with van der Waals surface area (Å²) in [7, 11) is 0. The molecule has 0 saturated heterocycles. The second-order valence-corrected chi connectivity index (χ2v) is 6.64. The highest BCUT2D eigenvalue weighted by molar-refractivity contribution is 5.78. The minimum Gasteiger partial charge on any atom is -0.396 e. The van der Waals surface area contributed by atoms with Crippen molar-refractivity contribution in [2.45, 2.75) is 70.3 Å². The van der Waals surface area contributed by atoms with Gasteiger partial charge in [-0.3, -0.25) is 4.99 Å². The Bertz CT molecular complexity index is 298. The average Bonchev–Trinajstić information content (AvgIpc) is 2.74. The molecule has 0 bridgehead atoms. The molecular weight excluding hydrogens is 250 g/mol. The highest BCUT2D eigenvalue weighted by Crippen LogP contribution is 2.28. The largest absolute Gasteiger partial charge is 0.396 e. The van der Waals surface area contributed by atoms with Crippen LogP contribution in [0.2, 0.25) is 0 Å². The Labute approximate surface area is 123 Å². The number of hydrogen-bond acceptors (Lipinski definition) is 2. The monoisotopic (exact) mass is 281 g/mol. The lowest BCUT2D eigenvalue weighted by molar-refractivity contribution is 0.163. The van der Waals surface area contributed by atoms with E-state index in [2.05, 4.69) is 10.3 Å². The van der Waals surface area contributed by atoms with Gasteiger partial charge in [0.25, 0.3) is 0 Å². The van der Waals surface area contributed by atoms with Crippen LogP contribution < -0.4 is 11.1 Å². The van der Waals surface area contributed by atoms with E-state index in [9.17, 15) is 5.11 Å². The first-order valence-corrected chi connectivity index (χ1v) is 8.45. The fraction of sp³-hybridized carbons (Fsp3) is 0.938. The predicted molar refractivity (Wildman–Crippen MR) is 83.6 cm³/mol. The molecule has 0 unspecified atom stereocenters. The maximum atomic E-state index is 9.26. The first kappa shape index (κ1) is 15.6. The van der Waals surface area contributed by atoms with Crippen LogP contribution in [0, 0.1) is 11.8 Å². The number of nitrogens with two attached hydrogens (primary N) is 1. The van der Waals surface area contributed by atoms with E-state index in [0.717, 1.165) is 13.0 Å². The van der Waals surface area contributed by atoms with E-state index in [4.69, 9.17) is 5.73 Å². The van der Waals surface area contributed by atoms with Crippen molar-refractivity contribution in [2.24, 2.45) is 22.6 Å². The van der Waals surface area contributed by atoms with Crippen LogP contribution in [0.1, 0.15) is 64.2 Å². The number of aliphatic imine (C=N–C) groups is 1. The minimum atomic E-state index is 0.329. The van der Waals surface area contributed by atoms with E-state index < -0.39 is 0 Å². The number of rotatable bonds is 4. The molecule has 2 rings (SSSR count). The van der Waals surface area contributed by atoms with Gasteiger partial charge in [0, 0.05) is 19.2 Å². The number of hydrogen-bond donors (Lipinski definition) is 3. The lowest BCUT2D eigenvalue weighted by atomic mass is 9.82. The molecule has 0 spiro atoms. The molecule has 2 aliphatic carbocycles. The van der Waals surface area contributed by atoms with E-state index in [1.165, 1.54) is 57.8 Å². The zero-order valence-corrected chi connectivity index (χ0v) is 12.7. The highest BCUT2D eigenvalue weighted by atomic mass is 16.3. The average molecular weight is 281 g/mol. The maximum Gasteiger partial charge on any atom is 0.188 e. The zero-order chi connectivity index (χ0) is 14.2. The van der Waals surface area contributed by atoms with Crippen LogP contribution in [0.25, 0.3) is 0 Å². The van der Waals surface area contributed by atoms with Crippen LogP contribution in [0.3, 0.4) is 0 Å². The SMILES string of the molecule is NC(=NC[C@H]1CCC[C@@H](CO)C1)NC1CCCCCC1. The van der Waals surface area contributed by atoms with Crippen molar-refractivity contribution < 1.29 is 5.11 Å². The molecule has 0 amide bonds. The normalized spacial score (nSPS) is 29.9. The fourth-order valence-electron chi connectivity index (χ4n) is 3.64. The Morgan fingerprint density at radius 1 is 1.00 bits per heavy atom. The third-order valence-electron chi connectivity index (χ3n) is 4.88. The summed E-state index contributed by atoms with van der Waals surface area (Å²) in [5.41, 5.74) is 6.03. The summed E-state index contributed by atoms with van der Waals surface area (Å²) in [6, 6.07) is 0.526. The molecule has 0 aromatic carbocycles. The van der Waals surface area contributed by atoms with Gasteiger partial charge in [-0.1, -0.05) is 32.1 Å². The molecule has 4 N–H and O–H groups in total. The Morgan fingerprint density at radius 3 is 2.40 bits per heavy atom. The summed E-state index contributed by atoms with van der Waals surface area (Å²) in [5.74, 6) is 1.72. The van der Waals surface area contributed by atoms with Gasteiger partial charge in [-0.15, -0.1) is 0 Å². The van der Waals surface area contributed by atoms with Gasteiger partial charge in [0.15, 0.2) is 5.96 Å². The molecule has 116 valence electrons. The smallest absolute Gasteiger partial charge is 0.188 e. The summed E-state index contributed by atoms with van der Waals surface area (Å²) in [6.45, 7) is 1.15.